The highest BCUT2D eigenvalue weighted by Gasteiger charge is 2.28. The van der Waals surface area contributed by atoms with Crippen molar-refractivity contribution in [1.29, 1.82) is 0 Å². The SMILES string of the molecule is Cc1noc(-c2c(CC(=O)NS(=O)(=O)c3ccsc3)ccc3c2OCO3)c1Br. The molecule has 0 unspecified atom stereocenters. The smallest absolute Gasteiger partial charge is 0.264 e. The minimum Gasteiger partial charge on any atom is -0.454 e. The third-order valence-electron chi connectivity index (χ3n) is 4.05. The number of rotatable bonds is 5. The van der Waals surface area contributed by atoms with Gasteiger partial charge in [0.15, 0.2) is 17.3 Å². The van der Waals surface area contributed by atoms with Gasteiger partial charge in [0.25, 0.3) is 10.0 Å². The van der Waals surface area contributed by atoms with Crippen LogP contribution in [-0.2, 0) is 21.2 Å². The summed E-state index contributed by atoms with van der Waals surface area (Å²) in [6, 6.07) is 4.77. The first-order chi connectivity index (χ1) is 13.4. The van der Waals surface area contributed by atoms with E-state index < -0.39 is 15.9 Å². The highest BCUT2D eigenvalue weighted by molar-refractivity contribution is 9.10. The number of aryl methyl sites for hydroxylation is 1. The van der Waals surface area contributed by atoms with Crippen LogP contribution in [0, 0.1) is 6.92 Å². The minimum atomic E-state index is -3.92. The maximum Gasteiger partial charge on any atom is 0.264 e. The predicted octanol–water partition coefficient (Wildman–Crippen LogP) is 3.25. The number of fused-ring (bicyclic) bond motifs is 1. The van der Waals surface area contributed by atoms with E-state index in [1.54, 1.807) is 24.4 Å². The van der Waals surface area contributed by atoms with E-state index in [4.69, 9.17) is 14.0 Å². The molecule has 11 heteroatoms. The molecular formula is C17H13BrN2O6S2. The molecule has 1 amide bonds. The first-order valence-corrected chi connectivity index (χ1v) is 11.2. The van der Waals surface area contributed by atoms with E-state index in [0.717, 1.165) is 0 Å². The lowest BCUT2D eigenvalue weighted by Crippen LogP contribution is -2.31. The van der Waals surface area contributed by atoms with E-state index in [2.05, 4.69) is 25.8 Å². The van der Waals surface area contributed by atoms with E-state index >= 15 is 0 Å². The van der Waals surface area contributed by atoms with Crippen molar-refractivity contribution >= 4 is 43.2 Å². The number of thiophene rings is 1. The zero-order valence-electron chi connectivity index (χ0n) is 14.4. The summed E-state index contributed by atoms with van der Waals surface area (Å²) in [6.45, 7) is 1.80. The summed E-state index contributed by atoms with van der Waals surface area (Å²) in [5.41, 5.74) is 1.63. The molecule has 3 heterocycles. The molecule has 1 aliphatic rings. The number of halogens is 1. The molecule has 0 spiro atoms. The average Bonchev–Trinajstić information content (AvgIpc) is 3.38. The molecule has 0 aliphatic carbocycles. The fourth-order valence-electron chi connectivity index (χ4n) is 2.75. The third kappa shape index (κ3) is 3.40. The van der Waals surface area contributed by atoms with E-state index in [1.807, 2.05) is 0 Å². The normalized spacial score (nSPS) is 12.9. The second kappa shape index (κ2) is 7.22. The van der Waals surface area contributed by atoms with Crippen LogP contribution in [0.15, 0.2) is 42.9 Å². The molecule has 28 heavy (non-hydrogen) atoms. The van der Waals surface area contributed by atoms with Crippen molar-refractivity contribution in [3.05, 3.63) is 44.7 Å². The second-order valence-electron chi connectivity index (χ2n) is 5.91. The van der Waals surface area contributed by atoms with Crippen molar-refractivity contribution < 1.29 is 27.2 Å². The molecule has 0 atom stereocenters. The molecule has 1 aliphatic heterocycles. The molecule has 2 aromatic heterocycles. The number of carbonyl (C=O) groups excluding carboxylic acids is 1. The Hall–Kier alpha value is -2.37. The maximum atomic E-state index is 12.5. The summed E-state index contributed by atoms with van der Waals surface area (Å²) in [7, 11) is -3.92. The molecule has 4 rings (SSSR count). The lowest BCUT2D eigenvalue weighted by molar-refractivity contribution is -0.118. The highest BCUT2D eigenvalue weighted by Crippen LogP contribution is 2.46. The highest BCUT2D eigenvalue weighted by atomic mass is 79.9. The Morgan fingerprint density at radius 3 is 2.82 bits per heavy atom. The van der Waals surface area contributed by atoms with Crippen molar-refractivity contribution in [3.63, 3.8) is 0 Å². The molecule has 146 valence electrons. The van der Waals surface area contributed by atoms with Crippen molar-refractivity contribution in [1.82, 2.24) is 9.88 Å². The summed E-state index contributed by atoms with van der Waals surface area (Å²) in [5.74, 6) is 0.621. The first kappa shape index (κ1) is 19.0. The number of sulfonamides is 1. The van der Waals surface area contributed by atoms with Crippen LogP contribution in [0.5, 0.6) is 11.5 Å². The van der Waals surface area contributed by atoms with Gasteiger partial charge in [0, 0.05) is 5.38 Å². The molecule has 0 saturated heterocycles. The molecular weight excluding hydrogens is 472 g/mol. The number of ether oxygens (including phenoxy) is 2. The van der Waals surface area contributed by atoms with Gasteiger partial charge in [-0.3, -0.25) is 4.79 Å². The van der Waals surface area contributed by atoms with Crippen LogP contribution >= 0.6 is 27.3 Å². The van der Waals surface area contributed by atoms with Gasteiger partial charge in [-0.2, -0.15) is 11.3 Å². The summed E-state index contributed by atoms with van der Waals surface area (Å²) >= 11 is 4.65. The number of aromatic nitrogens is 1. The van der Waals surface area contributed by atoms with Crippen molar-refractivity contribution in [2.75, 3.05) is 6.79 Å². The van der Waals surface area contributed by atoms with Gasteiger partial charge in [0.05, 0.1) is 27.0 Å². The summed E-state index contributed by atoms with van der Waals surface area (Å²) in [5, 5.41) is 7.00. The van der Waals surface area contributed by atoms with E-state index in [-0.39, 0.29) is 18.1 Å². The minimum absolute atomic E-state index is 0.0370. The van der Waals surface area contributed by atoms with Gasteiger partial charge in [-0.15, -0.1) is 0 Å². The third-order valence-corrected chi connectivity index (χ3v) is 7.19. The Labute approximate surface area is 172 Å². The Morgan fingerprint density at radius 1 is 1.32 bits per heavy atom. The zero-order chi connectivity index (χ0) is 19.9. The lowest BCUT2D eigenvalue weighted by atomic mass is 10.00. The van der Waals surface area contributed by atoms with Crippen LogP contribution in [-0.4, -0.2) is 26.3 Å². The lowest BCUT2D eigenvalue weighted by Gasteiger charge is -2.11. The van der Waals surface area contributed by atoms with Gasteiger partial charge in [0.2, 0.25) is 12.7 Å². The standard InChI is InChI=1S/C17H13BrN2O6S2/c1-9-15(18)17(26-19-9)14-10(2-3-12-16(14)25-8-24-12)6-13(21)20-28(22,23)11-4-5-27-7-11/h2-5,7H,6,8H2,1H3,(H,20,21). The van der Waals surface area contributed by atoms with E-state index in [1.165, 1.54) is 22.8 Å². The summed E-state index contributed by atoms with van der Waals surface area (Å²) in [4.78, 5) is 12.5. The Morgan fingerprint density at radius 2 is 2.14 bits per heavy atom. The number of nitrogens with zero attached hydrogens (tertiary/aromatic N) is 1. The first-order valence-electron chi connectivity index (χ1n) is 7.98. The Balaban J connectivity index is 1.69. The van der Waals surface area contributed by atoms with Crippen molar-refractivity contribution in [3.8, 4) is 22.8 Å². The van der Waals surface area contributed by atoms with Crippen molar-refractivity contribution in [2.45, 2.75) is 18.2 Å². The van der Waals surface area contributed by atoms with Crippen LogP contribution in [0.3, 0.4) is 0 Å². The fourth-order valence-corrected chi connectivity index (χ4v) is 5.10. The number of nitrogens with one attached hydrogen (secondary N) is 1. The Bertz CT molecular complexity index is 1150. The second-order valence-corrected chi connectivity index (χ2v) is 9.16. The Kier molecular flexibility index (Phi) is 4.89. The van der Waals surface area contributed by atoms with Gasteiger partial charge in [0.1, 0.15) is 0 Å². The van der Waals surface area contributed by atoms with Crippen LogP contribution in [0.1, 0.15) is 11.3 Å². The quantitative estimate of drug-likeness (QED) is 0.591. The van der Waals surface area contributed by atoms with Crippen LogP contribution < -0.4 is 14.2 Å². The van der Waals surface area contributed by atoms with Gasteiger partial charge >= 0.3 is 0 Å². The molecule has 0 saturated carbocycles. The monoisotopic (exact) mass is 484 g/mol. The fraction of sp³-hybridized carbons (Fsp3) is 0.176. The summed E-state index contributed by atoms with van der Waals surface area (Å²) in [6.07, 6.45) is -0.207. The van der Waals surface area contributed by atoms with Gasteiger partial charge in [-0.1, -0.05) is 11.2 Å². The van der Waals surface area contributed by atoms with Crippen molar-refractivity contribution in [2.24, 2.45) is 0 Å². The molecule has 3 aromatic rings. The van der Waals surface area contributed by atoms with Gasteiger partial charge < -0.3 is 14.0 Å². The van der Waals surface area contributed by atoms with Crippen LogP contribution in [0.25, 0.3) is 11.3 Å². The molecule has 1 aromatic carbocycles. The maximum absolute atomic E-state index is 12.5. The molecule has 0 radical (unpaired) electrons. The number of hydrogen-bond acceptors (Lipinski definition) is 8. The zero-order valence-corrected chi connectivity index (χ0v) is 17.6. The van der Waals surface area contributed by atoms with Crippen LogP contribution in [0.4, 0.5) is 0 Å². The average molecular weight is 485 g/mol. The number of amides is 1. The van der Waals surface area contributed by atoms with E-state index in [9.17, 15) is 13.2 Å². The largest absolute Gasteiger partial charge is 0.454 e. The predicted molar refractivity (Wildman–Crippen MR) is 104 cm³/mol. The number of hydrogen-bond donors (Lipinski definition) is 1. The molecule has 1 N–H and O–H groups in total. The van der Waals surface area contributed by atoms with Gasteiger partial charge in [-0.25, -0.2) is 13.1 Å². The summed E-state index contributed by atoms with van der Waals surface area (Å²) < 4.78 is 43.6. The van der Waals surface area contributed by atoms with Crippen LogP contribution in [0.2, 0.25) is 0 Å². The van der Waals surface area contributed by atoms with Gasteiger partial charge in [-0.05, 0) is 45.9 Å². The topological polar surface area (TPSA) is 108 Å². The van der Waals surface area contributed by atoms with E-state index in [0.29, 0.717) is 38.6 Å². The number of carbonyl (C=O) groups is 1. The molecule has 8 nitrogen and oxygen atoms in total. The molecule has 0 bridgehead atoms. The molecule has 0 fully saturated rings. The number of benzene rings is 1.